The Morgan fingerprint density at radius 2 is 2.00 bits per heavy atom. The third kappa shape index (κ3) is 2.33. The van der Waals surface area contributed by atoms with Crippen LogP contribution in [0, 0.1) is 35.5 Å². The Labute approximate surface area is 150 Å². The maximum Gasteiger partial charge on any atom is 0.304 e. The van der Waals surface area contributed by atoms with Crippen molar-refractivity contribution in [1.29, 1.82) is 0 Å². The van der Waals surface area contributed by atoms with E-state index in [2.05, 4.69) is 12.8 Å². The predicted molar refractivity (Wildman–Crippen MR) is 95.5 cm³/mol. The van der Waals surface area contributed by atoms with Crippen molar-refractivity contribution in [2.45, 2.75) is 77.2 Å². The van der Waals surface area contributed by atoms with E-state index in [4.69, 9.17) is 11.2 Å². The molecule has 2 saturated carbocycles. The molecule has 3 nitrogen and oxygen atoms in total. The molecule has 0 aliphatic heterocycles. The van der Waals surface area contributed by atoms with Gasteiger partial charge in [-0.15, -0.1) is 6.42 Å². The lowest BCUT2D eigenvalue weighted by Gasteiger charge is -2.53. The Morgan fingerprint density at radius 1 is 1.20 bits per heavy atom. The second-order valence-corrected chi connectivity index (χ2v) is 8.82. The molecule has 0 saturated heterocycles. The van der Waals surface area contributed by atoms with Crippen LogP contribution < -0.4 is 0 Å². The zero-order chi connectivity index (χ0) is 17.8. The van der Waals surface area contributed by atoms with E-state index in [9.17, 15) is 9.59 Å². The summed E-state index contributed by atoms with van der Waals surface area (Å²) in [4.78, 5) is 23.6. The molecule has 5 atom stereocenters. The molecule has 0 aromatic rings. The monoisotopic (exact) mass is 340 g/mol. The third-order valence-electron chi connectivity index (χ3n) is 7.87. The number of esters is 1. The largest absolute Gasteiger partial charge is 0.445 e. The molecule has 0 spiro atoms. The molecule has 4 rings (SSSR count). The number of terminal acetylenes is 1. The topological polar surface area (TPSA) is 43.4 Å². The maximum absolute atomic E-state index is 11.8. The lowest BCUT2D eigenvalue weighted by molar-refractivity contribution is -0.166. The summed E-state index contributed by atoms with van der Waals surface area (Å²) in [5.74, 6) is 4.84. The molecule has 0 unspecified atom stereocenters. The van der Waals surface area contributed by atoms with Crippen LogP contribution in [0.25, 0.3) is 0 Å². The van der Waals surface area contributed by atoms with Crippen molar-refractivity contribution in [3.8, 4) is 12.3 Å². The van der Waals surface area contributed by atoms with Crippen molar-refractivity contribution in [2.24, 2.45) is 23.2 Å². The van der Waals surface area contributed by atoms with E-state index in [1.165, 1.54) is 12.5 Å². The van der Waals surface area contributed by atoms with E-state index in [0.29, 0.717) is 30.0 Å². The number of ketones is 1. The molecule has 0 N–H and O–H groups in total. The summed E-state index contributed by atoms with van der Waals surface area (Å²) in [7, 11) is 0. The molecule has 0 amide bonds. The van der Waals surface area contributed by atoms with E-state index in [1.807, 2.05) is 0 Å². The summed E-state index contributed by atoms with van der Waals surface area (Å²) in [5.41, 5.74) is 2.20. The number of allylic oxidation sites excluding steroid dienone is 2. The van der Waals surface area contributed by atoms with Gasteiger partial charge in [0.25, 0.3) is 0 Å². The summed E-state index contributed by atoms with van der Waals surface area (Å²) >= 11 is 0. The Morgan fingerprint density at radius 3 is 2.72 bits per heavy atom. The molecule has 0 bridgehead atoms. The number of carbonyl (C=O) groups is 2. The van der Waals surface area contributed by atoms with Crippen LogP contribution in [-0.4, -0.2) is 17.4 Å². The molecule has 0 heterocycles. The summed E-state index contributed by atoms with van der Waals surface area (Å²) in [5, 5.41) is 0. The fraction of sp³-hybridized carbons (Fsp3) is 0.727. The minimum absolute atomic E-state index is 0.114. The molecule has 0 radical (unpaired) electrons. The first-order valence-corrected chi connectivity index (χ1v) is 9.80. The average molecular weight is 340 g/mol. The van der Waals surface area contributed by atoms with Gasteiger partial charge in [0.05, 0.1) is 0 Å². The summed E-state index contributed by atoms with van der Waals surface area (Å²) in [6, 6.07) is 0. The first kappa shape index (κ1) is 16.9. The Kier molecular flexibility index (Phi) is 3.87. The van der Waals surface area contributed by atoms with Gasteiger partial charge in [-0.1, -0.05) is 24.0 Å². The van der Waals surface area contributed by atoms with Gasteiger partial charge in [-0.05, 0) is 62.7 Å². The fourth-order valence-electron chi connectivity index (χ4n) is 6.73. The Bertz CT molecular complexity index is 697. The second kappa shape index (κ2) is 5.73. The van der Waals surface area contributed by atoms with Crippen LogP contribution in [0.1, 0.15) is 71.6 Å². The quantitative estimate of drug-likeness (QED) is 0.408. The van der Waals surface area contributed by atoms with Crippen LogP contribution in [0.3, 0.4) is 0 Å². The summed E-state index contributed by atoms with van der Waals surface area (Å²) < 4.78 is 5.79. The van der Waals surface area contributed by atoms with Gasteiger partial charge < -0.3 is 4.74 Å². The van der Waals surface area contributed by atoms with Crippen molar-refractivity contribution in [2.75, 3.05) is 0 Å². The highest BCUT2D eigenvalue weighted by Gasteiger charge is 2.63. The number of carbonyl (C=O) groups excluding carboxylic acids is 2. The fourth-order valence-corrected chi connectivity index (χ4v) is 6.73. The SMILES string of the molecule is C#C[C@@]1(OC(C)=O)CC[C@H]2[C@@H]3CCC4=C(CCC(=O)C4)[C@H]3CC[C@]21C. The minimum Gasteiger partial charge on any atom is -0.445 e. The first-order valence-electron chi connectivity index (χ1n) is 9.80. The molecule has 4 aliphatic rings. The average Bonchev–Trinajstić information content (AvgIpc) is 2.87. The molecule has 0 aromatic heterocycles. The van der Waals surface area contributed by atoms with Gasteiger partial charge in [-0.3, -0.25) is 9.59 Å². The molecule has 0 aromatic carbocycles. The van der Waals surface area contributed by atoms with Crippen molar-refractivity contribution in [1.82, 2.24) is 0 Å². The van der Waals surface area contributed by atoms with Crippen LogP contribution in [-0.2, 0) is 14.3 Å². The molecular weight excluding hydrogens is 312 g/mol. The van der Waals surface area contributed by atoms with Gasteiger partial charge >= 0.3 is 5.97 Å². The summed E-state index contributed by atoms with van der Waals surface area (Å²) in [6.45, 7) is 3.73. The van der Waals surface area contributed by atoms with Gasteiger partial charge in [0.2, 0.25) is 0 Å². The number of fused-ring (bicyclic) bond motifs is 4. The van der Waals surface area contributed by atoms with E-state index in [0.717, 1.165) is 51.4 Å². The van der Waals surface area contributed by atoms with Gasteiger partial charge in [0.1, 0.15) is 5.78 Å². The number of rotatable bonds is 1. The third-order valence-corrected chi connectivity index (χ3v) is 7.87. The second-order valence-electron chi connectivity index (χ2n) is 8.82. The van der Waals surface area contributed by atoms with Crippen LogP contribution in [0.4, 0.5) is 0 Å². The lowest BCUT2D eigenvalue weighted by Crippen LogP contribution is -2.52. The minimum atomic E-state index is -0.730. The number of hydrogen-bond donors (Lipinski definition) is 0. The van der Waals surface area contributed by atoms with Crippen molar-refractivity contribution in [3.05, 3.63) is 11.1 Å². The molecule has 3 heteroatoms. The predicted octanol–water partition coefficient (Wildman–Crippen LogP) is 4.21. The number of ether oxygens (including phenoxy) is 1. The van der Waals surface area contributed by atoms with Gasteiger partial charge in [0.15, 0.2) is 5.60 Å². The Hall–Kier alpha value is -1.56. The highest BCUT2D eigenvalue weighted by Crippen LogP contribution is 2.65. The highest BCUT2D eigenvalue weighted by atomic mass is 16.6. The van der Waals surface area contributed by atoms with Crippen molar-refractivity contribution in [3.63, 3.8) is 0 Å². The summed E-state index contributed by atoms with van der Waals surface area (Å²) in [6.07, 6.45) is 14.5. The zero-order valence-corrected chi connectivity index (χ0v) is 15.4. The molecule has 4 aliphatic carbocycles. The maximum atomic E-state index is 11.8. The molecule has 25 heavy (non-hydrogen) atoms. The van der Waals surface area contributed by atoms with Crippen LogP contribution in [0.5, 0.6) is 0 Å². The van der Waals surface area contributed by atoms with E-state index < -0.39 is 5.60 Å². The first-order chi connectivity index (χ1) is 11.9. The van der Waals surface area contributed by atoms with Crippen LogP contribution in [0.15, 0.2) is 11.1 Å². The van der Waals surface area contributed by atoms with E-state index in [-0.39, 0.29) is 11.4 Å². The highest BCUT2D eigenvalue weighted by molar-refractivity contribution is 5.82. The van der Waals surface area contributed by atoms with Crippen molar-refractivity contribution >= 4 is 11.8 Å². The standard InChI is InChI=1S/C22H28O3/c1-4-22(25-14(2)23)12-10-20-19-7-5-15-13-16(24)6-8-17(15)18(19)9-11-21(20,22)3/h1,18-20H,5-13H2,2-3H3/t18-,19-,20+,21-,22-/m1/s1. The van der Waals surface area contributed by atoms with Gasteiger partial charge in [-0.2, -0.15) is 0 Å². The van der Waals surface area contributed by atoms with E-state index >= 15 is 0 Å². The van der Waals surface area contributed by atoms with Crippen molar-refractivity contribution < 1.29 is 14.3 Å². The van der Waals surface area contributed by atoms with E-state index in [1.54, 1.807) is 5.57 Å². The Balaban J connectivity index is 1.66. The smallest absolute Gasteiger partial charge is 0.304 e. The van der Waals surface area contributed by atoms with Gasteiger partial charge in [-0.25, -0.2) is 0 Å². The molecular formula is C22H28O3. The zero-order valence-electron chi connectivity index (χ0n) is 15.4. The van der Waals surface area contributed by atoms with Crippen LogP contribution >= 0.6 is 0 Å². The lowest BCUT2D eigenvalue weighted by atomic mass is 9.52. The number of Topliss-reactive ketones (excluding diaryl/α,β-unsaturated/α-hetero) is 1. The molecule has 134 valence electrons. The normalized spacial score (nSPS) is 42.9. The number of hydrogen-bond acceptors (Lipinski definition) is 3. The van der Waals surface area contributed by atoms with Crippen LogP contribution in [0.2, 0.25) is 0 Å². The van der Waals surface area contributed by atoms with Gasteiger partial charge in [0, 0.05) is 25.2 Å². The molecule has 2 fully saturated rings.